The molecule has 0 spiro atoms. The molecule has 1 aliphatic heterocycles. The van der Waals surface area contributed by atoms with Crippen LogP contribution in [0.2, 0.25) is 0 Å². The number of rotatable bonds is 9. The Hall–Kier alpha value is -1.10. The molecule has 17 nitrogen and oxygen atoms in total. The molecule has 21 heteroatoms. The van der Waals surface area contributed by atoms with Crippen LogP contribution in [0.3, 0.4) is 0 Å². The second kappa shape index (κ2) is 8.92. The highest BCUT2D eigenvalue weighted by atomic mass is 31.3. The lowest BCUT2D eigenvalue weighted by atomic mass is 9.88. The number of hydrogen-bond acceptors (Lipinski definition) is 11. The smallest absolute Gasteiger partial charge is 0.387 e. The number of alkyl halides is 1. The number of aromatic nitrogens is 2. The van der Waals surface area contributed by atoms with E-state index in [2.05, 4.69) is 13.1 Å². The molecular weight excluding hydrogens is 512 g/mol. The van der Waals surface area contributed by atoms with Crippen molar-refractivity contribution in [1.29, 1.82) is 0 Å². The van der Waals surface area contributed by atoms with Gasteiger partial charge < -0.3 is 34.5 Å². The van der Waals surface area contributed by atoms with Crippen LogP contribution in [0.1, 0.15) is 13.2 Å². The summed E-state index contributed by atoms with van der Waals surface area (Å²) < 4.78 is 64.8. The zero-order valence-electron chi connectivity index (χ0n) is 15.7. The summed E-state index contributed by atoms with van der Waals surface area (Å²) in [6.07, 6.45) is -3.26. The highest BCUT2D eigenvalue weighted by molar-refractivity contribution is 7.66. The van der Waals surface area contributed by atoms with Crippen LogP contribution >= 0.6 is 23.5 Å². The number of nitrogens with zero attached hydrogens (tertiary/aromatic N) is 1. The van der Waals surface area contributed by atoms with Crippen molar-refractivity contribution in [2.45, 2.75) is 30.5 Å². The molecule has 0 aliphatic carbocycles. The molecule has 1 aliphatic rings. The lowest BCUT2D eigenvalue weighted by molar-refractivity contribution is -0.138. The van der Waals surface area contributed by atoms with Gasteiger partial charge >= 0.3 is 29.2 Å². The third-order valence-corrected chi connectivity index (χ3v) is 7.90. The third-order valence-electron chi connectivity index (χ3n) is 4.12. The van der Waals surface area contributed by atoms with E-state index in [-0.39, 0.29) is 0 Å². The van der Waals surface area contributed by atoms with Crippen LogP contribution in [0.4, 0.5) is 4.39 Å². The summed E-state index contributed by atoms with van der Waals surface area (Å²) in [5.41, 5.74) is -7.06. The topological polar surface area (TPSA) is 264 Å². The predicted octanol–water partition coefficient (Wildman–Crippen LogP) is -1.77. The van der Waals surface area contributed by atoms with Gasteiger partial charge in [-0.05, 0) is 6.92 Å². The normalized spacial score (nSPS) is 32.4. The molecule has 0 amide bonds. The van der Waals surface area contributed by atoms with Crippen molar-refractivity contribution in [1.82, 2.24) is 9.55 Å². The van der Waals surface area contributed by atoms with E-state index in [0.717, 1.165) is 19.2 Å². The second-order valence-corrected chi connectivity index (χ2v) is 11.1. The molecule has 1 aromatic heterocycles. The first-order valence-electron chi connectivity index (χ1n) is 8.08. The monoisotopic (exact) mass is 530 g/mol. The summed E-state index contributed by atoms with van der Waals surface area (Å²) in [7, 11) is -17.2. The first kappa shape index (κ1) is 27.1. The molecule has 2 heterocycles. The van der Waals surface area contributed by atoms with Gasteiger partial charge in [0.2, 0.25) is 0 Å². The lowest BCUT2D eigenvalue weighted by Gasteiger charge is -2.31. The third kappa shape index (κ3) is 6.07. The average Bonchev–Trinajstić information content (AvgIpc) is 2.78. The molecule has 184 valence electrons. The van der Waals surface area contributed by atoms with Gasteiger partial charge in [0, 0.05) is 12.3 Å². The summed E-state index contributed by atoms with van der Waals surface area (Å²) in [5.74, 6) is 0. The van der Waals surface area contributed by atoms with Crippen molar-refractivity contribution in [2.75, 3.05) is 13.3 Å². The summed E-state index contributed by atoms with van der Waals surface area (Å²) in [6, 6.07) is 0.842. The van der Waals surface area contributed by atoms with Crippen LogP contribution in [0, 0.1) is 0 Å². The Morgan fingerprint density at radius 2 is 1.78 bits per heavy atom. The van der Waals surface area contributed by atoms with Crippen LogP contribution in [0.25, 0.3) is 0 Å². The van der Waals surface area contributed by atoms with Crippen molar-refractivity contribution < 1.29 is 65.8 Å². The zero-order valence-corrected chi connectivity index (χ0v) is 18.4. The Morgan fingerprint density at radius 1 is 1.19 bits per heavy atom. The number of ether oxygens (including phenoxy) is 1. The van der Waals surface area contributed by atoms with Gasteiger partial charge in [0.15, 0.2) is 11.8 Å². The molecule has 1 aromatic rings. The fraction of sp³-hybridized carbons (Fsp3) is 0.636. The van der Waals surface area contributed by atoms with E-state index >= 15 is 0 Å². The maximum atomic E-state index is 13.9. The van der Waals surface area contributed by atoms with E-state index < -0.39 is 71.5 Å². The van der Waals surface area contributed by atoms with Gasteiger partial charge in [0.1, 0.15) is 18.4 Å². The molecule has 0 bridgehead atoms. The minimum Gasteiger partial charge on any atom is -0.387 e. The molecule has 7 N–H and O–H groups in total. The van der Waals surface area contributed by atoms with Crippen molar-refractivity contribution in [3.05, 3.63) is 33.1 Å². The largest absolute Gasteiger partial charge is 0.490 e. The number of H-pyrrole nitrogens is 1. The zero-order chi connectivity index (χ0) is 24.8. The number of nitrogens with one attached hydrogen (secondary N) is 1. The summed E-state index contributed by atoms with van der Waals surface area (Å²) in [4.78, 5) is 60.6. The maximum absolute atomic E-state index is 13.9. The molecule has 3 unspecified atom stereocenters. The molecule has 0 aromatic carbocycles. The van der Waals surface area contributed by atoms with E-state index in [1.807, 2.05) is 4.98 Å². The number of halogens is 1. The van der Waals surface area contributed by atoms with Gasteiger partial charge in [-0.1, -0.05) is 0 Å². The minimum absolute atomic E-state index is 0.576. The Kier molecular flexibility index (Phi) is 7.57. The Labute approximate surface area is 176 Å². The summed E-state index contributed by atoms with van der Waals surface area (Å²) in [6.45, 7) is -2.25. The lowest BCUT2D eigenvalue weighted by Crippen LogP contribution is -2.53. The van der Waals surface area contributed by atoms with Crippen molar-refractivity contribution >= 4 is 23.5 Å². The minimum atomic E-state index is -5.87. The van der Waals surface area contributed by atoms with Gasteiger partial charge in [0.05, 0.1) is 6.61 Å². The molecule has 0 radical (unpaired) electrons. The van der Waals surface area contributed by atoms with Crippen molar-refractivity contribution in [3.63, 3.8) is 0 Å². The fourth-order valence-electron chi connectivity index (χ4n) is 2.77. The average molecular weight is 530 g/mol. The SMILES string of the molecule is C[C@@]1(O)[C@H](O)C(CF)(COP(=O)(O)OP(=O)(O)OP(=O)(O)O)O[C@H]1n1ccc(=O)[nH]c1=O. The maximum Gasteiger partial charge on any atom is 0.490 e. The quantitative estimate of drug-likeness (QED) is 0.174. The van der Waals surface area contributed by atoms with Crippen LogP contribution in [-0.4, -0.2) is 69.9 Å². The van der Waals surface area contributed by atoms with E-state index in [1.54, 1.807) is 0 Å². The van der Waals surface area contributed by atoms with E-state index in [1.165, 1.54) is 0 Å². The number of hydrogen-bond donors (Lipinski definition) is 7. The van der Waals surface area contributed by atoms with Crippen LogP contribution in [-0.2, 0) is 31.6 Å². The van der Waals surface area contributed by atoms with E-state index in [4.69, 9.17) is 19.4 Å². The standard InChI is InChI=1S/C11H18FN2O15P3/c1-10(18)7(16)11(4-12,27-8(10)14-3-2-6(15)13-9(14)17)5-26-31(22,23)29-32(24,25)28-30(19,20)21/h2-3,7-8,16,18H,4-5H2,1H3,(H,22,23)(H,24,25)(H,13,15,17)(H2,19,20,21)/t7-,8+,10+,11?/m0/s1. The second-order valence-electron chi connectivity index (χ2n) is 6.68. The van der Waals surface area contributed by atoms with Crippen LogP contribution in [0.5, 0.6) is 0 Å². The summed E-state index contributed by atoms with van der Waals surface area (Å²) >= 11 is 0. The van der Waals surface area contributed by atoms with Gasteiger partial charge in [-0.3, -0.25) is 18.9 Å². The molecule has 32 heavy (non-hydrogen) atoms. The first-order chi connectivity index (χ1) is 14.3. The van der Waals surface area contributed by atoms with Gasteiger partial charge in [-0.2, -0.15) is 8.62 Å². The first-order valence-corrected chi connectivity index (χ1v) is 12.6. The van der Waals surface area contributed by atoms with Gasteiger partial charge in [0.25, 0.3) is 5.56 Å². The Morgan fingerprint density at radius 3 is 2.28 bits per heavy atom. The highest BCUT2D eigenvalue weighted by Crippen LogP contribution is 2.66. The number of phosphoric ester groups is 1. The van der Waals surface area contributed by atoms with Crippen LogP contribution in [0.15, 0.2) is 21.9 Å². The molecule has 2 rings (SSSR count). The van der Waals surface area contributed by atoms with Crippen molar-refractivity contribution in [2.24, 2.45) is 0 Å². The fourth-order valence-corrected chi connectivity index (χ4v) is 5.85. The van der Waals surface area contributed by atoms with Gasteiger partial charge in [-0.15, -0.1) is 0 Å². The molecule has 1 saturated heterocycles. The summed E-state index contributed by atoms with van der Waals surface area (Å²) in [5, 5.41) is 21.0. The van der Waals surface area contributed by atoms with E-state index in [0.29, 0.717) is 4.57 Å². The highest BCUT2D eigenvalue weighted by Gasteiger charge is 2.63. The molecule has 1 fully saturated rings. The predicted molar refractivity (Wildman–Crippen MR) is 96.6 cm³/mol. The molecular formula is C11H18FN2O15P3. The van der Waals surface area contributed by atoms with E-state index in [9.17, 15) is 42.8 Å². The Bertz CT molecular complexity index is 1110. The molecule has 0 saturated carbocycles. The number of aromatic amines is 1. The van der Waals surface area contributed by atoms with Crippen LogP contribution < -0.4 is 11.2 Å². The Balaban J connectivity index is 2.28. The van der Waals surface area contributed by atoms with Gasteiger partial charge in [-0.25, -0.2) is 22.9 Å². The number of aliphatic hydroxyl groups excluding tert-OH is 1. The van der Waals surface area contributed by atoms with Crippen molar-refractivity contribution in [3.8, 4) is 0 Å². The molecule has 6 atom stereocenters. The number of phosphoric acid groups is 3. The number of aliphatic hydroxyl groups is 2.